The molecule has 0 fully saturated rings. The molecule has 0 aliphatic carbocycles. The molecule has 0 N–H and O–H groups in total. The molecule has 3 heteroatoms. The fourth-order valence-corrected chi connectivity index (χ4v) is 8.16. The quantitative estimate of drug-likeness (QED) is 0.191. The summed E-state index contributed by atoms with van der Waals surface area (Å²) in [6.45, 7) is 7.72. The molecule has 0 aliphatic heterocycles. The molecule has 24 heavy (non-hydrogen) atoms. The maximum atomic E-state index is 6.80. The van der Waals surface area contributed by atoms with Crippen LogP contribution in [0.3, 0.4) is 0 Å². The van der Waals surface area contributed by atoms with Crippen LogP contribution in [0.25, 0.3) is 0 Å². The van der Waals surface area contributed by atoms with Crippen LogP contribution in [-0.4, -0.2) is 19.4 Å². The Morgan fingerprint density at radius 3 is 1.79 bits per heavy atom. The van der Waals surface area contributed by atoms with E-state index in [1.807, 2.05) is 0 Å². The highest BCUT2D eigenvalue weighted by Crippen LogP contribution is 2.36. The van der Waals surface area contributed by atoms with Crippen LogP contribution >= 0.6 is 22.6 Å². The van der Waals surface area contributed by atoms with E-state index in [-0.39, 0.29) is 5.04 Å². The van der Waals surface area contributed by atoms with Crippen LogP contribution in [-0.2, 0) is 4.43 Å². The molecule has 2 rings (SSSR count). The van der Waals surface area contributed by atoms with E-state index >= 15 is 0 Å². The lowest BCUT2D eigenvalue weighted by molar-refractivity contribution is 0.304. The number of alkyl halides is 1. The van der Waals surface area contributed by atoms with Gasteiger partial charge < -0.3 is 4.43 Å². The molecule has 0 saturated heterocycles. The van der Waals surface area contributed by atoms with Crippen LogP contribution in [0.1, 0.15) is 27.2 Å². The normalized spacial score (nSPS) is 12.7. The van der Waals surface area contributed by atoms with Gasteiger partial charge in [0.05, 0.1) is 0 Å². The maximum Gasteiger partial charge on any atom is 0.261 e. The molecule has 0 radical (unpaired) electrons. The van der Waals surface area contributed by atoms with Crippen molar-refractivity contribution < 1.29 is 4.43 Å². The van der Waals surface area contributed by atoms with Gasteiger partial charge in [-0.3, -0.25) is 0 Å². The molecule has 0 aliphatic rings. The summed E-state index contributed by atoms with van der Waals surface area (Å²) in [6, 6.07) is 21.7. The highest BCUT2D eigenvalue weighted by atomic mass is 127. The van der Waals surface area contributed by atoms with Gasteiger partial charge in [-0.25, -0.2) is 0 Å². The Kier molecular flexibility index (Phi) is 7.26. The average molecular weight is 450 g/mol. The van der Waals surface area contributed by atoms with Crippen molar-refractivity contribution in [1.82, 2.24) is 0 Å². The molecule has 0 atom stereocenters. The fourth-order valence-electron chi connectivity index (χ4n) is 3.22. The van der Waals surface area contributed by atoms with Gasteiger partial charge >= 0.3 is 0 Å². The minimum atomic E-state index is -2.35. The Balaban J connectivity index is 2.47. The third kappa shape index (κ3) is 4.38. The van der Waals surface area contributed by atoms with Crippen LogP contribution in [0.4, 0.5) is 0 Å². The Hall–Kier alpha value is -0.913. The second-order valence-electron chi connectivity index (χ2n) is 6.93. The molecule has 0 saturated carbocycles. The van der Waals surface area contributed by atoms with Gasteiger partial charge in [-0.1, -0.05) is 116 Å². The molecule has 1 nitrogen and oxygen atoms in total. The van der Waals surface area contributed by atoms with Gasteiger partial charge in [0.1, 0.15) is 0 Å². The first-order chi connectivity index (χ1) is 11.5. The van der Waals surface area contributed by atoms with E-state index in [9.17, 15) is 0 Å². The highest BCUT2D eigenvalue weighted by molar-refractivity contribution is 14.1. The van der Waals surface area contributed by atoms with Gasteiger partial charge in [0.15, 0.2) is 0 Å². The lowest BCUT2D eigenvalue weighted by Gasteiger charge is -2.43. The number of halogens is 1. The molecular formula is C21H27IOSi. The summed E-state index contributed by atoms with van der Waals surface area (Å²) >= 11 is 2.37. The van der Waals surface area contributed by atoms with Gasteiger partial charge in [-0.05, 0) is 21.8 Å². The second-order valence-corrected chi connectivity index (χ2v) is 12.1. The molecular weight excluding hydrogens is 423 g/mol. The van der Waals surface area contributed by atoms with Crippen molar-refractivity contribution in [3.63, 3.8) is 0 Å². The van der Waals surface area contributed by atoms with Crippen LogP contribution in [0.2, 0.25) is 5.04 Å². The van der Waals surface area contributed by atoms with E-state index in [2.05, 4.69) is 116 Å². The zero-order valence-electron chi connectivity index (χ0n) is 14.8. The predicted octanol–water partition coefficient (Wildman–Crippen LogP) is 4.94. The van der Waals surface area contributed by atoms with Crippen LogP contribution in [0, 0.1) is 0 Å². The van der Waals surface area contributed by atoms with Crippen molar-refractivity contribution in [2.24, 2.45) is 0 Å². The van der Waals surface area contributed by atoms with Gasteiger partial charge in [0, 0.05) is 11.0 Å². The van der Waals surface area contributed by atoms with E-state index in [1.165, 1.54) is 10.4 Å². The first kappa shape index (κ1) is 19.4. The molecule has 0 heterocycles. The number of allylic oxidation sites excluding steroid dienone is 1. The van der Waals surface area contributed by atoms with E-state index in [0.717, 1.165) is 17.5 Å². The molecule has 128 valence electrons. The summed E-state index contributed by atoms with van der Waals surface area (Å²) in [5.74, 6) is 0. The molecule has 0 amide bonds. The largest absolute Gasteiger partial charge is 0.407 e. The summed E-state index contributed by atoms with van der Waals surface area (Å²) in [5.41, 5.74) is 0. The summed E-state index contributed by atoms with van der Waals surface area (Å²) < 4.78 is 7.85. The maximum absolute atomic E-state index is 6.80. The Bertz CT molecular complexity index is 592. The number of benzene rings is 2. The zero-order chi connectivity index (χ0) is 17.5. The van der Waals surface area contributed by atoms with Crippen molar-refractivity contribution in [2.45, 2.75) is 32.2 Å². The van der Waals surface area contributed by atoms with E-state index in [0.29, 0.717) is 0 Å². The molecule has 2 aromatic rings. The third-order valence-corrected chi connectivity index (χ3v) is 9.83. The van der Waals surface area contributed by atoms with Crippen molar-refractivity contribution in [3.8, 4) is 0 Å². The molecule has 0 aromatic heterocycles. The van der Waals surface area contributed by atoms with E-state index < -0.39 is 8.32 Å². The van der Waals surface area contributed by atoms with Crippen LogP contribution in [0.5, 0.6) is 0 Å². The summed E-state index contributed by atoms with van der Waals surface area (Å²) in [7, 11) is -2.35. The third-order valence-electron chi connectivity index (χ3n) is 4.28. The standard InChI is InChI=1S/C21H27IOSi/c1-21(2,3)24(19-13-7-4-8-14-19,20-15-9-5-10-16-20)23-18-12-6-11-17-22/h4-11,13-16H,12,17-18H2,1-3H3/b11-6+. The SMILES string of the molecule is CC(C)(C)[Si](OCC/C=C/CI)(c1ccccc1)c1ccccc1. The minimum Gasteiger partial charge on any atom is -0.407 e. The fraction of sp³-hybridized carbons (Fsp3) is 0.333. The molecule has 0 spiro atoms. The zero-order valence-corrected chi connectivity index (χ0v) is 18.0. The van der Waals surface area contributed by atoms with Crippen LogP contribution in [0.15, 0.2) is 72.8 Å². The summed E-state index contributed by atoms with van der Waals surface area (Å²) in [6.07, 6.45) is 5.40. The summed E-state index contributed by atoms with van der Waals surface area (Å²) in [5, 5.41) is 2.76. The van der Waals surface area contributed by atoms with Crippen molar-refractivity contribution in [2.75, 3.05) is 11.0 Å². The van der Waals surface area contributed by atoms with Gasteiger partial charge in [0.25, 0.3) is 8.32 Å². The predicted molar refractivity (Wildman–Crippen MR) is 116 cm³/mol. The second kappa shape index (κ2) is 8.97. The topological polar surface area (TPSA) is 9.23 Å². The smallest absolute Gasteiger partial charge is 0.261 e. The molecule has 2 aromatic carbocycles. The van der Waals surface area contributed by atoms with Crippen molar-refractivity contribution in [3.05, 3.63) is 72.8 Å². The first-order valence-electron chi connectivity index (χ1n) is 8.48. The van der Waals surface area contributed by atoms with Gasteiger partial charge in [-0.2, -0.15) is 0 Å². The van der Waals surface area contributed by atoms with E-state index in [4.69, 9.17) is 4.43 Å². The minimum absolute atomic E-state index is 0.0582. The molecule has 0 unspecified atom stereocenters. The monoisotopic (exact) mass is 450 g/mol. The Morgan fingerprint density at radius 2 is 1.38 bits per heavy atom. The van der Waals surface area contributed by atoms with Gasteiger partial charge in [-0.15, -0.1) is 0 Å². The van der Waals surface area contributed by atoms with E-state index in [1.54, 1.807) is 0 Å². The Morgan fingerprint density at radius 1 is 0.875 bits per heavy atom. The number of rotatable bonds is 7. The summed E-state index contributed by atoms with van der Waals surface area (Å²) in [4.78, 5) is 0. The lowest BCUT2D eigenvalue weighted by atomic mass is 10.2. The first-order valence-corrected chi connectivity index (χ1v) is 11.9. The van der Waals surface area contributed by atoms with Crippen molar-refractivity contribution >= 4 is 41.3 Å². The number of hydrogen-bond donors (Lipinski definition) is 0. The van der Waals surface area contributed by atoms with Crippen molar-refractivity contribution in [1.29, 1.82) is 0 Å². The number of hydrogen-bond acceptors (Lipinski definition) is 1. The lowest BCUT2D eigenvalue weighted by Crippen LogP contribution is -2.66. The van der Waals surface area contributed by atoms with Gasteiger partial charge in [0.2, 0.25) is 0 Å². The van der Waals surface area contributed by atoms with Crippen LogP contribution < -0.4 is 10.4 Å². The average Bonchev–Trinajstić information content (AvgIpc) is 2.59. The Labute approximate surface area is 161 Å². The highest BCUT2D eigenvalue weighted by Gasteiger charge is 2.49. The molecule has 0 bridgehead atoms.